The van der Waals surface area contributed by atoms with Gasteiger partial charge in [0.15, 0.2) is 0 Å². The molecule has 0 saturated heterocycles. The SMILES string of the molecule is CCCC.c1ccc(Cc2ccccc2)cc1. The monoisotopic (exact) mass is 226 g/mol. The van der Waals surface area contributed by atoms with E-state index in [-0.39, 0.29) is 0 Å². The molecule has 2 aromatic rings. The average Bonchev–Trinajstić information content (AvgIpc) is 2.41. The second-order valence-electron chi connectivity index (χ2n) is 4.15. The Hall–Kier alpha value is -1.56. The molecular weight excluding hydrogens is 204 g/mol. The lowest BCUT2D eigenvalue weighted by Gasteiger charge is -2.00. The van der Waals surface area contributed by atoms with Crippen LogP contribution in [0.4, 0.5) is 0 Å². The molecule has 0 saturated carbocycles. The van der Waals surface area contributed by atoms with Crippen LogP contribution in [-0.4, -0.2) is 0 Å². The lowest BCUT2D eigenvalue weighted by molar-refractivity contribution is 0.886. The van der Waals surface area contributed by atoms with Crippen LogP contribution in [0, 0.1) is 0 Å². The van der Waals surface area contributed by atoms with E-state index in [0.29, 0.717) is 0 Å². The first-order valence-electron chi connectivity index (χ1n) is 6.44. The number of unbranched alkanes of at least 4 members (excludes halogenated alkanes) is 1. The van der Waals surface area contributed by atoms with E-state index >= 15 is 0 Å². The van der Waals surface area contributed by atoms with E-state index in [1.54, 1.807) is 0 Å². The summed E-state index contributed by atoms with van der Waals surface area (Å²) < 4.78 is 0. The molecule has 0 fully saturated rings. The van der Waals surface area contributed by atoms with Gasteiger partial charge in [-0.15, -0.1) is 0 Å². The van der Waals surface area contributed by atoms with Gasteiger partial charge in [0.1, 0.15) is 0 Å². The van der Waals surface area contributed by atoms with Gasteiger partial charge in [0.25, 0.3) is 0 Å². The summed E-state index contributed by atoms with van der Waals surface area (Å²) in [7, 11) is 0. The van der Waals surface area contributed by atoms with Crippen molar-refractivity contribution >= 4 is 0 Å². The molecule has 0 unspecified atom stereocenters. The largest absolute Gasteiger partial charge is 0.0654 e. The quantitative estimate of drug-likeness (QED) is 0.684. The van der Waals surface area contributed by atoms with Crippen LogP contribution in [0.2, 0.25) is 0 Å². The summed E-state index contributed by atoms with van der Waals surface area (Å²) in [6.45, 7) is 4.36. The highest BCUT2D eigenvalue weighted by molar-refractivity contribution is 5.25. The summed E-state index contributed by atoms with van der Waals surface area (Å²) in [6.07, 6.45) is 3.67. The van der Waals surface area contributed by atoms with Crippen molar-refractivity contribution in [3.8, 4) is 0 Å². The van der Waals surface area contributed by atoms with E-state index < -0.39 is 0 Å². The number of rotatable bonds is 3. The van der Waals surface area contributed by atoms with Crippen molar-refractivity contribution in [2.24, 2.45) is 0 Å². The molecule has 0 amide bonds. The molecule has 0 heteroatoms. The fourth-order valence-corrected chi connectivity index (χ4v) is 1.43. The predicted octanol–water partition coefficient (Wildman–Crippen LogP) is 5.08. The summed E-state index contributed by atoms with van der Waals surface area (Å²) in [4.78, 5) is 0. The van der Waals surface area contributed by atoms with Gasteiger partial charge in [-0.3, -0.25) is 0 Å². The zero-order valence-electron chi connectivity index (χ0n) is 10.9. The molecule has 90 valence electrons. The van der Waals surface area contributed by atoms with Crippen LogP contribution in [-0.2, 0) is 6.42 Å². The summed E-state index contributed by atoms with van der Waals surface area (Å²) in [6, 6.07) is 21.1. The lowest BCUT2D eigenvalue weighted by Crippen LogP contribution is -1.85. The Kier molecular flexibility index (Phi) is 6.81. The standard InChI is InChI=1S/C13H12.C4H10/c1-3-7-12(8-4-1)11-13-9-5-2-6-10-13;1-3-4-2/h1-10H,11H2;3-4H2,1-2H3. The van der Waals surface area contributed by atoms with Gasteiger partial charge in [0.05, 0.1) is 0 Å². The van der Waals surface area contributed by atoms with Crippen molar-refractivity contribution in [2.75, 3.05) is 0 Å². The minimum absolute atomic E-state index is 1.03. The molecule has 0 bridgehead atoms. The fourth-order valence-electron chi connectivity index (χ4n) is 1.43. The molecule has 0 aliphatic heterocycles. The second-order valence-corrected chi connectivity index (χ2v) is 4.15. The maximum absolute atomic E-state index is 2.18. The number of hydrogen-bond acceptors (Lipinski definition) is 0. The Labute approximate surface area is 105 Å². The van der Waals surface area contributed by atoms with Gasteiger partial charge < -0.3 is 0 Å². The Morgan fingerprint density at radius 2 is 0.941 bits per heavy atom. The van der Waals surface area contributed by atoms with E-state index in [2.05, 4.69) is 74.5 Å². The van der Waals surface area contributed by atoms with Crippen LogP contribution in [0.3, 0.4) is 0 Å². The van der Waals surface area contributed by atoms with Crippen LogP contribution in [0.5, 0.6) is 0 Å². The van der Waals surface area contributed by atoms with E-state index in [1.165, 1.54) is 24.0 Å². The molecule has 0 radical (unpaired) electrons. The Morgan fingerprint density at radius 1 is 0.588 bits per heavy atom. The van der Waals surface area contributed by atoms with Gasteiger partial charge in [-0.25, -0.2) is 0 Å². The van der Waals surface area contributed by atoms with E-state index in [9.17, 15) is 0 Å². The molecule has 0 atom stereocenters. The maximum atomic E-state index is 2.18. The third kappa shape index (κ3) is 5.91. The predicted molar refractivity (Wildman–Crippen MR) is 76.3 cm³/mol. The topological polar surface area (TPSA) is 0 Å². The Balaban J connectivity index is 0.000000317. The van der Waals surface area contributed by atoms with E-state index in [4.69, 9.17) is 0 Å². The van der Waals surface area contributed by atoms with Crippen molar-refractivity contribution < 1.29 is 0 Å². The van der Waals surface area contributed by atoms with Gasteiger partial charge in [0, 0.05) is 0 Å². The molecule has 0 aromatic heterocycles. The van der Waals surface area contributed by atoms with Gasteiger partial charge in [-0.2, -0.15) is 0 Å². The highest BCUT2D eigenvalue weighted by Crippen LogP contribution is 2.07. The first-order chi connectivity index (χ1) is 8.36. The summed E-state index contributed by atoms with van der Waals surface area (Å²) in [5.41, 5.74) is 2.74. The molecule has 17 heavy (non-hydrogen) atoms. The van der Waals surface area contributed by atoms with Crippen LogP contribution >= 0.6 is 0 Å². The van der Waals surface area contributed by atoms with Crippen molar-refractivity contribution in [1.29, 1.82) is 0 Å². The molecule has 0 heterocycles. The Morgan fingerprint density at radius 3 is 1.24 bits per heavy atom. The fraction of sp³-hybridized carbons (Fsp3) is 0.294. The van der Waals surface area contributed by atoms with Gasteiger partial charge >= 0.3 is 0 Å². The van der Waals surface area contributed by atoms with Crippen molar-refractivity contribution in [1.82, 2.24) is 0 Å². The lowest BCUT2D eigenvalue weighted by atomic mass is 10.1. The van der Waals surface area contributed by atoms with Crippen LogP contribution in [0.25, 0.3) is 0 Å². The molecular formula is C17H22. The number of hydrogen-bond donors (Lipinski definition) is 0. The molecule has 0 N–H and O–H groups in total. The molecule has 2 aromatic carbocycles. The molecule has 0 spiro atoms. The van der Waals surface area contributed by atoms with E-state index in [0.717, 1.165) is 6.42 Å². The zero-order valence-corrected chi connectivity index (χ0v) is 10.9. The highest BCUT2D eigenvalue weighted by atomic mass is 14.0. The minimum atomic E-state index is 1.03. The second kappa shape index (κ2) is 8.58. The molecule has 0 nitrogen and oxygen atoms in total. The van der Waals surface area contributed by atoms with Crippen molar-refractivity contribution in [2.45, 2.75) is 33.1 Å². The van der Waals surface area contributed by atoms with Gasteiger partial charge in [-0.05, 0) is 17.5 Å². The normalized spacial score (nSPS) is 9.29. The number of benzene rings is 2. The minimum Gasteiger partial charge on any atom is -0.0654 e. The average molecular weight is 226 g/mol. The zero-order chi connectivity index (χ0) is 12.3. The van der Waals surface area contributed by atoms with Crippen LogP contribution < -0.4 is 0 Å². The van der Waals surface area contributed by atoms with E-state index in [1.807, 2.05) is 0 Å². The van der Waals surface area contributed by atoms with Crippen LogP contribution in [0.1, 0.15) is 37.8 Å². The van der Waals surface area contributed by atoms with Crippen molar-refractivity contribution in [3.05, 3.63) is 71.8 Å². The Bertz CT molecular complexity index is 336. The molecule has 0 aliphatic carbocycles. The first kappa shape index (κ1) is 13.5. The van der Waals surface area contributed by atoms with Gasteiger partial charge in [-0.1, -0.05) is 87.4 Å². The highest BCUT2D eigenvalue weighted by Gasteiger charge is 1.92. The smallest absolute Gasteiger partial charge is 0.00258 e. The van der Waals surface area contributed by atoms with Crippen molar-refractivity contribution in [3.63, 3.8) is 0 Å². The summed E-state index contributed by atoms with van der Waals surface area (Å²) in [5.74, 6) is 0. The third-order valence-corrected chi connectivity index (χ3v) is 2.59. The van der Waals surface area contributed by atoms with Gasteiger partial charge in [0.2, 0.25) is 0 Å². The first-order valence-corrected chi connectivity index (χ1v) is 6.44. The van der Waals surface area contributed by atoms with Crippen LogP contribution in [0.15, 0.2) is 60.7 Å². The summed E-state index contributed by atoms with van der Waals surface area (Å²) >= 11 is 0. The molecule has 0 aliphatic rings. The maximum Gasteiger partial charge on any atom is -0.00258 e. The molecule has 2 rings (SSSR count). The summed E-state index contributed by atoms with van der Waals surface area (Å²) in [5, 5.41) is 0. The third-order valence-electron chi connectivity index (χ3n) is 2.59.